The van der Waals surface area contributed by atoms with Crippen molar-refractivity contribution in [3.05, 3.63) is 66.1 Å². The highest BCUT2D eigenvalue weighted by molar-refractivity contribution is 7.16. The van der Waals surface area contributed by atoms with Gasteiger partial charge in [-0.1, -0.05) is 12.6 Å². The van der Waals surface area contributed by atoms with Gasteiger partial charge in [0.2, 0.25) is 11.9 Å². The molecule has 1 fully saturated rings. The minimum atomic E-state index is -1.03. The number of aromatic nitrogens is 5. The highest BCUT2D eigenvalue weighted by Gasteiger charge is 2.29. The van der Waals surface area contributed by atoms with Crippen molar-refractivity contribution < 1.29 is 14.7 Å². The van der Waals surface area contributed by atoms with Gasteiger partial charge in [0.25, 0.3) is 5.91 Å². The van der Waals surface area contributed by atoms with E-state index in [1.807, 2.05) is 33.7 Å². The molecule has 0 aliphatic carbocycles. The minimum absolute atomic E-state index is 0.0434. The Bertz CT molecular complexity index is 1430. The van der Waals surface area contributed by atoms with Gasteiger partial charge in [0, 0.05) is 13.1 Å². The first-order valence-corrected chi connectivity index (χ1v) is 12.5. The fourth-order valence-electron chi connectivity index (χ4n) is 4.49. The molecule has 1 atom stereocenters. The van der Waals surface area contributed by atoms with E-state index in [9.17, 15) is 14.7 Å². The molecule has 0 saturated carbocycles. The molecule has 1 aliphatic rings. The molecule has 0 bridgehead atoms. The maximum absolute atomic E-state index is 13.2. The van der Waals surface area contributed by atoms with E-state index in [0.29, 0.717) is 29.4 Å². The number of likely N-dealkylation sites (tertiary alicyclic amines) is 1. The van der Waals surface area contributed by atoms with Crippen molar-refractivity contribution in [1.29, 1.82) is 0 Å². The number of carbonyl (C=O) groups excluding carboxylic acids is 2. The molecule has 2 amide bonds. The Morgan fingerprint density at radius 1 is 1.31 bits per heavy atom. The first-order chi connectivity index (χ1) is 17.2. The number of nitrogens with zero attached hydrogens (tertiary/aromatic N) is 6. The maximum Gasteiger partial charge on any atom is 0.268 e. The lowest BCUT2D eigenvalue weighted by Gasteiger charge is -2.25. The minimum Gasteiger partial charge on any atom is -0.386 e. The van der Waals surface area contributed by atoms with Gasteiger partial charge in [-0.2, -0.15) is 5.10 Å². The van der Waals surface area contributed by atoms with E-state index < -0.39 is 5.60 Å². The van der Waals surface area contributed by atoms with Crippen LogP contribution in [0.25, 0.3) is 16.0 Å². The molecule has 0 radical (unpaired) electrons. The monoisotopic (exact) mass is 505 g/mol. The number of aliphatic hydroxyl groups is 1. The topological polar surface area (TPSA) is 118 Å². The van der Waals surface area contributed by atoms with Crippen LogP contribution in [-0.4, -0.2) is 58.7 Å². The molecule has 5 rings (SSSR count). The zero-order valence-corrected chi connectivity index (χ0v) is 20.9. The highest BCUT2D eigenvalue weighted by atomic mass is 32.1. The molecule has 2 N–H and O–H groups in total. The van der Waals surface area contributed by atoms with Crippen LogP contribution in [-0.2, 0) is 16.9 Å². The van der Waals surface area contributed by atoms with Crippen LogP contribution in [0.15, 0.2) is 55.6 Å². The molecule has 1 saturated heterocycles. The first-order valence-electron chi connectivity index (χ1n) is 11.7. The average Bonchev–Trinajstić information content (AvgIpc) is 3.64. The summed E-state index contributed by atoms with van der Waals surface area (Å²) in [6, 6.07) is 9.09. The Morgan fingerprint density at radius 2 is 2.14 bits per heavy atom. The number of hydrogen-bond donors (Lipinski definition) is 2. The van der Waals surface area contributed by atoms with E-state index in [1.54, 1.807) is 30.9 Å². The quantitative estimate of drug-likeness (QED) is 0.372. The molecule has 1 unspecified atom stereocenters. The molecule has 4 aromatic rings. The number of thiophene rings is 1. The second-order valence-corrected chi connectivity index (χ2v) is 10.3. The number of nitrogens with one attached hydrogen (secondary N) is 1. The molecular weight excluding hydrogens is 478 g/mol. The van der Waals surface area contributed by atoms with Crippen molar-refractivity contribution in [2.24, 2.45) is 0 Å². The molecule has 36 heavy (non-hydrogen) atoms. The number of anilines is 1. The summed E-state index contributed by atoms with van der Waals surface area (Å²) < 4.78 is 3.53. The van der Waals surface area contributed by atoms with Gasteiger partial charge in [-0.3, -0.25) is 14.9 Å². The summed E-state index contributed by atoms with van der Waals surface area (Å²) in [4.78, 5) is 36.6. The van der Waals surface area contributed by atoms with Gasteiger partial charge in [0.1, 0.15) is 17.7 Å². The summed E-state index contributed by atoms with van der Waals surface area (Å²) in [6.07, 6.45) is 6.10. The van der Waals surface area contributed by atoms with Crippen molar-refractivity contribution in [2.75, 3.05) is 11.9 Å². The van der Waals surface area contributed by atoms with Crippen LogP contribution < -0.4 is 5.32 Å². The third kappa shape index (κ3) is 4.54. The van der Waals surface area contributed by atoms with Crippen LogP contribution in [0.5, 0.6) is 0 Å². The van der Waals surface area contributed by atoms with E-state index in [1.165, 1.54) is 23.7 Å². The third-order valence-corrected chi connectivity index (χ3v) is 7.44. The fraction of sp³-hybridized carbons (Fsp3) is 0.320. The smallest absolute Gasteiger partial charge is 0.268 e. The van der Waals surface area contributed by atoms with Crippen molar-refractivity contribution >= 4 is 40.1 Å². The summed E-state index contributed by atoms with van der Waals surface area (Å²) in [5.74, 6) is -0.0105. The van der Waals surface area contributed by atoms with E-state index >= 15 is 0 Å². The average molecular weight is 506 g/mol. The maximum atomic E-state index is 13.2. The summed E-state index contributed by atoms with van der Waals surface area (Å²) in [6.45, 7) is 8.21. The van der Waals surface area contributed by atoms with Gasteiger partial charge in [-0.05, 0) is 62.6 Å². The summed E-state index contributed by atoms with van der Waals surface area (Å²) >= 11 is 1.29. The van der Waals surface area contributed by atoms with Crippen LogP contribution >= 0.6 is 11.3 Å². The van der Waals surface area contributed by atoms with Crippen molar-refractivity contribution in [3.8, 4) is 5.00 Å². The van der Waals surface area contributed by atoms with Crippen LogP contribution in [0.1, 0.15) is 41.9 Å². The Kier molecular flexibility index (Phi) is 6.19. The number of fused-ring (bicyclic) bond motifs is 1. The molecule has 11 heteroatoms. The fourth-order valence-corrected chi connectivity index (χ4v) is 5.32. The van der Waals surface area contributed by atoms with Crippen LogP contribution in [0, 0.1) is 0 Å². The first kappa shape index (κ1) is 23.9. The van der Waals surface area contributed by atoms with E-state index in [0.717, 1.165) is 28.9 Å². The number of benzene rings is 1. The second kappa shape index (κ2) is 9.32. The molecule has 4 heterocycles. The van der Waals surface area contributed by atoms with E-state index in [-0.39, 0.29) is 17.9 Å². The molecule has 1 aliphatic heterocycles. The zero-order chi connectivity index (χ0) is 25.4. The molecule has 0 spiro atoms. The van der Waals surface area contributed by atoms with Gasteiger partial charge >= 0.3 is 0 Å². The van der Waals surface area contributed by atoms with Crippen LogP contribution in [0.4, 0.5) is 5.95 Å². The SMILES string of the molecule is C=CC(=O)N1CCCC1Cn1c(NC(=O)c2ccc(-n3cncn3)s2)nc2cc(C(C)(C)O)ccc21. The molecular formula is C25H27N7O3S. The van der Waals surface area contributed by atoms with Gasteiger partial charge < -0.3 is 14.6 Å². The number of imidazole rings is 1. The zero-order valence-electron chi connectivity index (χ0n) is 20.1. The lowest BCUT2D eigenvalue weighted by Crippen LogP contribution is -2.37. The highest BCUT2D eigenvalue weighted by Crippen LogP contribution is 2.29. The molecule has 3 aromatic heterocycles. The number of amides is 2. The predicted octanol–water partition coefficient (Wildman–Crippen LogP) is 3.34. The Labute approximate surface area is 211 Å². The molecule has 1 aromatic carbocycles. The summed E-state index contributed by atoms with van der Waals surface area (Å²) in [5.41, 5.74) is 1.15. The number of carbonyl (C=O) groups is 2. The predicted molar refractivity (Wildman–Crippen MR) is 137 cm³/mol. The third-order valence-electron chi connectivity index (χ3n) is 6.37. The normalized spacial score (nSPS) is 16.0. The lowest BCUT2D eigenvalue weighted by atomic mass is 9.98. The lowest BCUT2D eigenvalue weighted by molar-refractivity contribution is -0.126. The van der Waals surface area contributed by atoms with Crippen LogP contribution in [0.3, 0.4) is 0 Å². The van der Waals surface area contributed by atoms with Crippen molar-refractivity contribution in [2.45, 2.75) is 44.9 Å². The van der Waals surface area contributed by atoms with Gasteiger partial charge in [0.15, 0.2) is 0 Å². The van der Waals surface area contributed by atoms with Gasteiger partial charge in [-0.25, -0.2) is 14.6 Å². The Balaban J connectivity index is 1.49. The number of rotatable bonds is 7. The van der Waals surface area contributed by atoms with Crippen molar-refractivity contribution in [3.63, 3.8) is 0 Å². The van der Waals surface area contributed by atoms with Gasteiger partial charge in [-0.15, -0.1) is 11.3 Å². The van der Waals surface area contributed by atoms with Crippen LogP contribution in [0.2, 0.25) is 0 Å². The standard InChI is InChI=1S/C25H27N7O3S/c1-4-21(33)30-11-5-6-17(30)13-31-19-8-7-16(25(2,3)35)12-18(19)28-24(31)29-23(34)20-9-10-22(36-20)32-15-26-14-27-32/h4,7-10,12,14-15,17,35H,1,5-6,11,13H2,2-3H3,(H,28,29,34). The van der Waals surface area contributed by atoms with E-state index in [2.05, 4.69) is 22.0 Å². The second-order valence-electron chi connectivity index (χ2n) is 9.27. The Morgan fingerprint density at radius 3 is 2.86 bits per heavy atom. The van der Waals surface area contributed by atoms with Gasteiger partial charge in [0.05, 0.1) is 27.6 Å². The van der Waals surface area contributed by atoms with E-state index in [4.69, 9.17) is 4.98 Å². The largest absolute Gasteiger partial charge is 0.386 e. The summed E-state index contributed by atoms with van der Waals surface area (Å²) in [7, 11) is 0. The van der Waals surface area contributed by atoms with Crippen molar-refractivity contribution in [1.82, 2.24) is 29.2 Å². The summed E-state index contributed by atoms with van der Waals surface area (Å²) in [5, 5.41) is 18.3. The molecule has 10 nitrogen and oxygen atoms in total. The Hall–Kier alpha value is -3.83. The number of hydrogen-bond acceptors (Lipinski definition) is 7. The molecule has 186 valence electrons.